The predicted octanol–water partition coefficient (Wildman–Crippen LogP) is 5.97. The van der Waals surface area contributed by atoms with Crippen molar-refractivity contribution in [3.63, 3.8) is 0 Å². The van der Waals surface area contributed by atoms with Gasteiger partial charge in [-0.15, -0.1) is 11.3 Å². The summed E-state index contributed by atoms with van der Waals surface area (Å²) in [5.74, 6) is 1.97. The molecule has 0 saturated carbocycles. The van der Waals surface area contributed by atoms with E-state index in [1.54, 1.807) is 23.5 Å². The van der Waals surface area contributed by atoms with Crippen molar-refractivity contribution in [2.75, 3.05) is 0 Å². The molecule has 0 atom stereocenters. The molecule has 4 aromatic rings. The average molecular weight is 355 g/mol. The van der Waals surface area contributed by atoms with Crippen LogP contribution in [0.5, 0.6) is 0 Å². The zero-order valence-electron chi connectivity index (χ0n) is 14.4. The Morgan fingerprint density at radius 1 is 0.962 bits per heavy atom. The van der Waals surface area contributed by atoms with E-state index in [1.807, 2.05) is 13.0 Å². The van der Waals surface area contributed by atoms with Crippen LogP contribution in [0, 0.1) is 6.92 Å². The van der Waals surface area contributed by atoms with Crippen LogP contribution in [0.1, 0.15) is 11.6 Å². The third-order valence-electron chi connectivity index (χ3n) is 4.17. The molecule has 0 aliphatic rings. The lowest BCUT2D eigenvalue weighted by Gasteiger charge is -2.07. The van der Waals surface area contributed by atoms with Crippen LogP contribution in [0.25, 0.3) is 37.1 Å². The van der Waals surface area contributed by atoms with Crippen LogP contribution in [0.4, 0.5) is 0 Å². The molecule has 0 saturated heterocycles. The highest BCUT2D eigenvalue weighted by Gasteiger charge is 2.14. The van der Waals surface area contributed by atoms with Crippen LogP contribution in [-0.2, 0) is 0 Å². The Kier molecular flexibility index (Phi) is 4.19. The van der Waals surface area contributed by atoms with Gasteiger partial charge in [-0.3, -0.25) is 0 Å². The number of fused-ring (bicyclic) bond motifs is 3. The molecular formula is C22H17N3S. The van der Waals surface area contributed by atoms with Gasteiger partial charge in [0.1, 0.15) is 5.82 Å². The van der Waals surface area contributed by atoms with Crippen molar-refractivity contribution in [3.05, 3.63) is 85.5 Å². The van der Waals surface area contributed by atoms with Crippen LogP contribution in [0.2, 0.25) is 0 Å². The quantitative estimate of drug-likeness (QED) is 0.423. The Bertz CT molecular complexity index is 1180. The van der Waals surface area contributed by atoms with E-state index in [0.717, 1.165) is 11.1 Å². The second-order valence-corrected chi connectivity index (χ2v) is 6.92. The van der Waals surface area contributed by atoms with E-state index in [4.69, 9.17) is 4.98 Å². The number of thiophene rings is 1. The van der Waals surface area contributed by atoms with Crippen LogP contribution in [0.15, 0.2) is 73.9 Å². The number of benzene rings is 2. The number of aryl methyl sites for hydroxylation is 1. The number of rotatable bonds is 4. The number of nitrogens with zero attached hydrogens (tertiary/aromatic N) is 3. The molecule has 0 fully saturated rings. The van der Waals surface area contributed by atoms with E-state index in [0.29, 0.717) is 17.5 Å². The Balaban J connectivity index is 1.98. The van der Waals surface area contributed by atoms with Gasteiger partial charge in [-0.1, -0.05) is 61.7 Å². The summed E-state index contributed by atoms with van der Waals surface area (Å²) in [6, 6.07) is 14.7. The van der Waals surface area contributed by atoms with Crippen molar-refractivity contribution in [3.8, 4) is 11.4 Å². The molecule has 2 heterocycles. The van der Waals surface area contributed by atoms with Crippen molar-refractivity contribution in [2.24, 2.45) is 0 Å². The number of hydrogen-bond acceptors (Lipinski definition) is 4. The van der Waals surface area contributed by atoms with Gasteiger partial charge in [-0.05, 0) is 19.1 Å². The lowest BCUT2D eigenvalue weighted by atomic mass is 10.1. The third-order valence-corrected chi connectivity index (χ3v) is 5.39. The van der Waals surface area contributed by atoms with Crippen LogP contribution >= 0.6 is 11.3 Å². The van der Waals surface area contributed by atoms with Crippen molar-refractivity contribution in [2.45, 2.75) is 6.92 Å². The van der Waals surface area contributed by atoms with Crippen LogP contribution in [0.3, 0.4) is 0 Å². The maximum absolute atomic E-state index is 4.71. The highest BCUT2D eigenvalue weighted by molar-refractivity contribution is 7.26. The third kappa shape index (κ3) is 2.74. The first kappa shape index (κ1) is 16.4. The Labute approximate surface area is 156 Å². The van der Waals surface area contributed by atoms with E-state index >= 15 is 0 Å². The first-order valence-electron chi connectivity index (χ1n) is 8.30. The van der Waals surface area contributed by atoms with E-state index in [9.17, 15) is 0 Å². The summed E-state index contributed by atoms with van der Waals surface area (Å²) in [6.07, 6.45) is 5.30. The van der Waals surface area contributed by atoms with Crippen LogP contribution < -0.4 is 0 Å². The highest BCUT2D eigenvalue weighted by Crippen LogP contribution is 2.38. The fourth-order valence-corrected chi connectivity index (χ4v) is 4.23. The van der Waals surface area contributed by atoms with Gasteiger partial charge in [-0.25, -0.2) is 15.0 Å². The first-order valence-corrected chi connectivity index (χ1v) is 9.11. The number of aromatic nitrogens is 3. The van der Waals surface area contributed by atoms with Gasteiger partial charge in [0.2, 0.25) is 0 Å². The van der Waals surface area contributed by atoms with Crippen molar-refractivity contribution in [1.29, 1.82) is 0 Å². The molecule has 0 amide bonds. The maximum atomic E-state index is 4.71. The minimum Gasteiger partial charge on any atom is -0.213 e. The summed E-state index contributed by atoms with van der Waals surface area (Å²) in [4.78, 5) is 13.8. The van der Waals surface area contributed by atoms with Gasteiger partial charge >= 0.3 is 0 Å². The predicted molar refractivity (Wildman–Crippen MR) is 111 cm³/mol. The first-order chi connectivity index (χ1) is 12.7. The van der Waals surface area contributed by atoms with E-state index in [-0.39, 0.29) is 0 Å². The fraction of sp³-hybridized carbons (Fsp3) is 0.0455. The minimum atomic E-state index is 0.612. The summed E-state index contributed by atoms with van der Waals surface area (Å²) in [7, 11) is 0. The van der Waals surface area contributed by atoms with E-state index in [1.165, 1.54) is 20.2 Å². The molecule has 4 heteroatoms. The van der Waals surface area contributed by atoms with Crippen molar-refractivity contribution in [1.82, 2.24) is 15.0 Å². The summed E-state index contributed by atoms with van der Waals surface area (Å²) in [5.41, 5.74) is 1.85. The molecule has 0 aliphatic heterocycles. The summed E-state index contributed by atoms with van der Waals surface area (Å²) in [6.45, 7) is 9.48. The molecule has 0 bridgehead atoms. The van der Waals surface area contributed by atoms with Crippen molar-refractivity contribution >= 4 is 37.1 Å². The summed E-state index contributed by atoms with van der Waals surface area (Å²) in [5, 5.41) is 2.49. The Morgan fingerprint density at radius 2 is 1.77 bits per heavy atom. The lowest BCUT2D eigenvalue weighted by molar-refractivity contribution is 0.964. The van der Waals surface area contributed by atoms with E-state index < -0.39 is 0 Å². The molecule has 0 unspecified atom stereocenters. The normalized spacial score (nSPS) is 11.8. The van der Waals surface area contributed by atoms with E-state index in [2.05, 4.69) is 65.6 Å². The molecular weight excluding hydrogens is 338 g/mol. The molecule has 0 aliphatic carbocycles. The number of hydrogen-bond donors (Lipinski definition) is 0. The van der Waals surface area contributed by atoms with Gasteiger partial charge in [-0.2, -0.15) is 0 Å². The zero-order valence-corrected chi connectivity index (χ0v) is 15.3. The van der Waals surface area contributed by atoms with Gasteiger partial charge in [0, 0.05) is 31.3 Å². The molecule has 0 N–H and O–H groups in total. The second-order valence-electron chi connectivity index (χ2n) is 5.87. The highest BCUT2D eigenvalue weighted by atomic mass is 32.1. The van der Waals surface area contributed by atoms with Gasteiger partial charge < -0.3 is 0 Å². The Hall–Kier alpha value is -3.11. The Morgan fingerprint density at radius 3 is 2.58 bits per heavy atom. The van der Waals surface area contributed by atoms with Gasteiger partial charge in [0.15, 0.2) is 11.6 Å². The lowest BCUT2D eigenvalue weighted by Crippen LogP contribution is -2.01. The molecule has 26 heavy (non-hydrogen) atoms. The molecule has 0 radical (unpaired) electrons. The summed E-state index contributed by atoms with van der Waals surface area (Å²) >= 11 is 1.77. The monoisotopic (exact) mass is 355 g/mol. The molecule has 2 aromatic carbocycles. The SMILES string of the molecule is C=C/C=C(\C=C)c1nc(C)nc(-c2cccc3c2sc2ccccc23)n1. The topological polar surface area (TPSA) is 38.7 Å². The molecule has 3 nitrogen and oxygen atoms in total. The zero-order chi connectivity index (χ0) is 18.1. The fourth-order valence-electron chi connectivity index (χ4n) is 3.02. The molecule has 4 rings (SSSR count). The smallest absolute Gasteiger partial charge is 0.165 e. The van der Waals surface area contributed by atoms with Crippen molar-refractivity contribution < 1.29 is 0 Å². The summed E-state index contributed by atoms with van der Waals surface area (Å²) < 4.78 is 2.46. The average Bonchev–Trinajstić information content (AvgIpc) is 3.04. The molecule has 126 valence electrons. The second kappa shape index (κ2) is 6.65. The largest absolute Gasteiger partial charge is 0.213 e. The van der Waals surface area contributed by atoms with Gasteiger partial charge in [0.25, 0.3) is 0 Å². The number of allylic oxidation sites excluding steroid dienone is 4. The maximum Gasteiger partial charge on any atom is 0.165 e. The van der Waals surface area contributed by atoms with Gasteiger partial charge in [0.05, 0.1) is 0 Å². The van der Waals surface area contributed by atoms with Crippen LogP contribution in [-0.4, -0.2) is 15.0 Å². The molecule has 0 spiro atoms. The standard InChI is InChI=1S/C22H17N3S/c1-4-9-15(5-2)21-23-14(3)24-22(25-21)18-12-8-11-17-16-10-6-7-13-19(16)26-20(17)18/h4-13H,1-2H2,3H3/b15-9+. The molecule has 2 aromatic heterocycles. The minimum absolute atomic E-state index is 0.612.